The van der Waals surface area contributed by atoms with Crippen molar-refractivity contribution >= 4 is 11.6 Å². The number of nitrogens with one attached hydrogen (secondary N) is 1. The molecule has 1 unspecified atom stereocenters. The van der Waals surface area contributed by atoms with Crippen LogP contribution in [-0.4, -0.2) is 30.5 Å². The Hall–Kier alpha value is -0.680. The van der Waals surface area contributed by atoms with Gasteiger partial charge in [0.15, 0.2) is 0 Å². The molecule has 0 amide bonds. The van der Waals surface area contributed by atoms with E-state index in [0.29, 0.717) is 25.8 Å². The van der Waals surface area contributed by atoms with Crippen LogP contribution in [0.1, 0.15) is 37.7 Å². The molecule has 21 heavy (non-hydrogen) atoms. The largest absolute Gasteiger partial charge is 0.389 e. The summed E-state index contributed by atoms with van der Waals surface area (Å²) < 4.78 is 18.7. The van der Waals surface area contributed by atoms with Gasteiger partial charge in [-0.25, -0.2) is 4.39 Å². The van der Waals surface area contributed by atoms with Crippen LogP contribution < -0.4 is 5.32 Å². The number of aliphatic hydroxyl groups excluding tert-OH is 1. The van der Waals surface area contributed by atoms with Gasteiger partial charge in [-0.3, -0.25) is 0 Å². The fraction of sp³-hybridized carbons (Fsp3) is 0.625. The number of rotatable bonds is 7. The second kappa shape index (κ2) is 8.69. The Morgan fingerprint density at radius 3 is 2.81 bits per heavy atom. The maximum atomic E-state index is 13.0. The van der Waals surface area contributed by atoms with E-state index >= 15 is 0 Å². The van der Waals surface area contributed by atoms with E-state index in [4.69, 9.17) is 16.3 Å². The standard InChI is InChI=1S/C16H23ClFNO2/c17-15-8-12(6-7-16(15)18)9-19-10-13(20)11-21-14-4-2-1-3-5-14/h6-8,13-14,19-20H,1-5,9-11H2. The first-order valence-corrected chi connectivity index (χ1v) is 7.97. The molecular weight excluding hydrogens is 293 g/mol. The van der Waals surface area contributed by atoms with Gasteiger partial charge < -0.3 is 15.2 Å². The lowest BCUT2D eigenvalue weighted by molar-refractivity contribution is -0.0230. The Balaban J connectivity index is 1.62. The third kappa shape index (κ3) is 5.91. The van der Waals surface area contributed by atoms with Crippen molar-refractivity contribution in [2.45, 2.75) is 50.9 Å². The smallest absolute Gasteiger partial charge is 0.141 e. The molecule has 0 bridgehead atoms. The van der Waals surface area contributed by atoms with Crippen molar-refractivity contribution in [3.05, 3.63) is 34.6 Å². The van der Waals surface area contributed by atoms with Crippen LogP contribution in [-0.2, 0) is 11.3 Å². The van der Waals surface area contributed by atoms with E-state index in [2.05, 4.69) is 5.32 Å². The summed E-state index contributed by atoms with van der Waals surface area (Å²) in [5.74, 6) is -0.415. The van der Waals surface area contributed by atoms with Crippen LogP contribution in [0.2, 0.25) is 5.02 Å². The first kappa shape index (κ1) is 16.7. The van der Waals surface area contributed by atoms with E-state index in [1.54, 1.807) is 12.1 Å². The highest BCUT2D eigenvalue weighted by atomic mass is 35.5. The highest BCUT2D eigenvalue weighted by Crippen LogP contribution is 2.20. The maximum absolute atomic E-state index is 13.0. The lowest BCUT2D eigenvalue weighted by atomic mass is 9.98. The molecule has 0 heterocycles. The van der Waals surface area contributed by atoms with Gasteiger partial charge in [-0.15, -0.1) is 0 Å². The van der Waals surface area contributed by atoms with E-state index in [1.165, 1.54) is 25.3 Å². The monoisotopic (exact) mass is 315 g/mol. The normalized spacial score (nSPS) is 17.9. The lowest BCUT2D eigenvalue weighted by Crippen LogP contribution is -2.32. The van der Waals surface area contributed by atoms with Crippen LogP contribution in [0.3, 0.4) is 0 Å². The number of ether oxygens (including phenoxy) is 1. The summed E-state index contributed by atoms with van der Waals surface area (Å²) in [6.07, 6.45) is 5.74. The van der Waals surface area contributed by atoms with Crippen LogP contribution in [0.4, 0.5) is 4.39 Å². The molecule has 0 aromatic heterocycles. The van der Waals surface area contributed by atoms with Crippen molar-refractivity contribution in [3.8, 4) is 0 Å². The zero-order chi connectivity index (χ0) is 15.1. The molecule has 0 radical (unpaired) electrons. The minimum absolute atomic E-state index is 0.121. The number of hydrogen-bond donors (Lipinski definition) is 2. The van der Waals surface area contributed by atoms with E-state index < -0.39 is 11.9 Å². The summed E-state index contributed by atoms with van der Waals surface area (Å²) in [4.78, 5) is 0. The minimum atomic E-state index is -0.525. The molecule has 1 fully saturated rings. The summed E-state index contributed by atoms with van der Waals surface area (Å²) in [5.41, 5.74) is 0.891. The molecule has 1 aromatic rings. The molecule has 0 aliphatic heterocycles. The van der Waals surface area contributed by atoms with Gasteiger partial charge >= 0.3 is 0 Å². The number of benzene rings is 1. The second-order valence-electron chi connectivity index (χ2n) is 5.63. The highest BCUT2D eigenvalue weighted by Gasteiger charge is 2.15. The van der Waals surface area contributed by atoms with E-state index in [9.17, 15) is 9.50 Å². The van der Waals surface area contributed by atoms with Crippen LogP contribution in [0.5, 0.6) is 0 Å². The molecule has 1 aromatic carbocycles. The molecule has 1 aliphatic carbocycles. The summed E-state index contributed by atoms with van der Waals surface area (Å²) in [6.45, 7) is 1.35. The topological polar surface area (TPSA) is 41.5 Å². The van der Waals surface area contributed by atoms with Crippen molar-refractivity contribution in [2.24, 2.45) is 0 Å². The van der Waals surface area contributed by atoms with Crippen molar-refractivity contribution in [3.63, 3.8) is 0 Å². The van der Waals surface area contributed by atoms with Crippen LogP contribution >= 0.6 is 11.6 Å². The fourth-order valence-electron chi connectivity index (χ4n) is 2.57. The molecule has 0 saturated heterocycles. The Kier molecular flexibility index (Phi) is 6.90. The Labute approximate surface area is 130 Å². The summed E-state index contributed by atoms with van der Waals surface area (Å²) in [6, 6.07) is 4.62. The molecule has 2 rings (SSSR count). The summed E-state index contributed by atoms with van der Waals surface area (Å²) >= 11 is 5.72. The van der Waals surface area contributed by atoms with Gasteiger partial charge in [-0.05, 0) is 30.5 Å². The lowest BCUT2D eigenvalue weighted by Gasteiger charge is -2.23. The number of aliphatic hydroxyl groups is 1. The van der Waals surface area contributed by atoms with Gasteiger partial charge in [0.1, 0.15) is 5.82 Å². The zero-order valence-electron chi connectivity index (χ0n) is 12.2. The number of hydrogen-bond acceptors (Lipinski definition) is 3. The van der Waals surface area contributed by atoms with Crippen LogP contribution in [0.15, 0.2) is 18.2 Å². The van der Waals surface area contributed by atoms with Crippen molar-refractivity contribution in [2.75, 3.05) is 13.2 Å². The van der Waals surface area contributed by atoms with Crippen LogP contribution in [0.25, 0.3) is 0 Å². The first-order chi connectivity index (χ1) is 10.1. The van der Waals surface area contributed by atoms with Gasteiger partial charge in [0, 0.05) is 13.1 Å². The second-order valence-corrected chi connectivity index (χ2v) is 6.03. The number of halogens is 2. The fourth-order valence-corrected chi connectivity index (χ4v) is 2.77. The predicted octanol–water partition coefficient (Wildman–Crippen LogP) is 3.28. The van der Waals surface area contributed by atoms with Crippen LogP contribution in [0, 0.1) is 5.82 Å². The summed E-state index contributed by atoms with van der Waals surface area (Å²) in [5, 5.41) is 13.1. The highest BCUT2D eigenvalue weighted by molar-refractivity contribution is 6.30. The molecule has 1 aliphatic rings. The Morgan fingerprint density at radius 2 is 2.10 bits per heavy atom. The predicted molar refractivity (Wildman–Crippen MR) is 81.9 cm³/mol. The molecule has 3 nitrogen and oxygen atoms in total. The zero-order valence-corrected chi connectivity index (χ0v) is 12.9. The van der Waals surface area contributed by atoms with Crippen molar-refractivity contribution < 1.29 is 14.2 Å². The molecule has 2 N–H and O–H groups in total. The molecular formula is C16H23ClFNO2. The molecule has 1 atom stereocenters. The van der Waals surface area contributed by atoms with Gasteiger partial charge in [-0.2, -0.15) is 0 Å². The van der Waals surface area contributed by atoms with E-state index in [1.807, 2.05) is 0 Å². The minimum Gasteiger partial charge on any atom is -0.389 e. The van der Waals surface area contributed by atoms with E-state index in [0.717, 1.165) is 18.4 Å². The molecule has 5 heteroatoms. The third-order valence-corrected chi connectivity index (χ3v) is 4.06. The quantitative estimate of drug-likeness (QED) is 0.811. The third-order valence-electron chi connectivity index (χ3n) is 3.77. The Bertz CT molecular complexity index is 438. The summed E-state index contributed by atoms with van der Waals surface area (Å²) in [7, 11) is 0. The molecule has 118 valence electrons. The van der Waals surface area contributed by atoms with E-state index in [-0.39, 0.29) is 5.02 Å². The first-order valence-electron chi connectivity index (χ1n) is 7.59. The van der Waals surface area contributed by atoms with Gasteiger partial charge in [0.25, 0.3) is 0 Å². The van der Waals surface area contributed by atoms with Gasteiger partial charge in [0.2, 0.25) is 0 Å². The van der Waals surface area contributed by atoms with Gasteiger partial charge in [-0.1, -0.05) is 36.9 Å². The van der Waals surface area contributed by atoms with Gasteiger partial charge in [0.05, 0.1) is 23.8 Å². The SMILES string of the molecule is OC(CNCc1ccc(F)c(Cl)c1)COC1CCCCC1. The Morgan fingerprint density at radius 1 is 1.33 bits per heavy atom. The maximum Gasteiger partial charge on any atom is 0.141 e. The average Bonchev–Trinajstić information content (AvgIpc) is 2.50. The van der Waals surface area contributed by atoms with Crippen molar-refractivity contribution in [1.82, 2.24) is 5.32 Å². The molecule has 0 spiro atoms. The molecule has 1 saturated carbocycles. The van der Waals surface area contributed by atoms with Crippen molar-refractivity contribution in [1.29, 1.82) is 0 Å². The average molecular weight is 316 g/mol.